The number of rotatable bonds is 7. The van der Waals surface area contributed by atoms with Gasteiger partial charge in [0.25, 0.3) is 5.91 Å². The number of hydrogen-bond donors (Lipinski definition) is 1. The minimum Gasteiger partial charge on any atom is -0.480 e. The molecule has 0 aliphatic heterocycles. The number of carboxylic acids is 1. The Bertz CT molecular complexity index is 531. The fourth-order valence-corrected chi connectivity index (χ4v) is 1.98. The molecule has 5 nitrogen and oxygen atoms in total. The largest absolute Gasteiger partial charge is 0.480 e. The third kappa shape index (κ3) is 4.70. The van der Waals surface area contributed by atoms with Crippen molar-refractivity contribution in [1.29, 1.82) is 0 Å². The van der Waals surface area contributed by atoms with Crippen molar-refractivity contribution < 1.29 is 28.2 Å². The van der Waals surface area contributed by atoms with Gasteiger partial charge in [0.1, 0.15) is 12.3 Å². The average molecular weight is 299 g/mol. The van der Waals surface area contributed by atoms with Gasteiger partial charge in [-0.1, -0.05) is 6.07 Å². The second-order valence-electron chi connectivity index (χ2n) is 4.93. The number of benzene rings is 1. The summed E-state index contributed by atoms with van der Waals surface area (Å²) < 4.78 is 28.6. The van der Waals surface area contributed by atoms with Crippen LogP contribution >= 0.6 is 0 Å². The van der Waals surface area contributed by atoms with Gasteiger partial charge in [-0.2, -0.15) is 8.78 Å². The summed E-state index contributed by atoms with van der Waals surface area (Å²) in [5.74, 6) is -1.40. The molecule has 2 rings (SSSR count). The quantitative estimate of drug-likeness (QED) is 0.838. The van der Waals surface area contributed by atoms with Gasteiger partial charge >= 0.3 is 12.6 Å². The summed E-state index contributed by atoms with van der Waals surface area (Å²) >= 11 is 0. The topological polar surface area (TPSA) is 66.8 Å². The number of hydrogen-bond acceptors (Lipinski definition) is 3. The monoisotopic (exact) mass is 299 g/mol. The highest BCUT2D eigenvalue weighted by molar-refractivity contribution is 5.96. The lowest BCUT2D eigenvalue weighted by atomic mass is 10.1. The van der Waals surface area contributed by atoms with Gasteiger partial charge < -0.3 is 14.7 Å². The fraction of sp³-hybridized carbons (Fsp3) is 0.429. The summed E-state index contributed by atoms with van der Waals surface area (Å²) in [5.41, 5.74) is 0.134. The summed E-state index contributed by atoms with van der Waals surface area (Å²) in [5, 5.41) is 8.87. The Morgan fingerprint density at radius 2 is 2.10 bits per heavy atom. The highest BCUT2D eigenvalue weighted by atomic mass is 19.3. The van der Waals surface area contributed by atoms with E-state index in [2.05, 4.69) is 4.74 Å². The summed E-state index contributed by atoms with van der Waals surface area (Å²) in [7, 11) is 0. The normalized spacial score (nSPS) is 14.0. The van der Waals surface area contributed by atoms with Crippen LogP contribution < -0.4 is 4.74 Å². The lowest BCUT2D eigenvalue weighted by Crippen LogP contribution is -2.37. The number of ether oxygens (including phenoxy) is 1. The smallest absolute Gasteiger partial charge is 0.387 e. The van der Waals surface area contributed by atoms with Crippen molar-refractivity contribution in [3.8, 4) is 5.75 Å². The van der Waals surface area contributed by atoms with Crippen molar-refractivity contribution >= 4 is 11.9 Å². The molecule has 0 heterocycles. The molecule has 1 N–H and O–H groups in total. The van der Waals surface area contributed by atoms with E-state index in [4.69, 9.17) is 5.11 Å². The van der Waals surface area contributed by atoms with Gasteiger partial charge in [-0.15, -0.1) is 0 Å². The standard InChI is InChI=1S/C14H15F2NO4/c15-14(16)21-11-3-1-2-10(6-11)13(20)17(8-12(18)19)7-9-4-5-9/h1-3,6,9,14H,4-5,7-8H2,(H,18,19). The maximum atomic E-state index is 12.3. The zero-order valence-electron chi connectivity index (χ0n) is 11.2. The molecule has 1 fully saturated rings. The molecule has 1 amide bonds. The molecule has 1 aliphatic carbocycles. The van der Waals surface area contributed by atoms with Crippen molar-refractivity contribution in [2.45, 2.75) is 19.5 Å². The van der Waals surface area contributed by atoms with Crippen LogP contribution in [0.2, 0.25) is 0 Å². The van der Waals surface area contributed by atoms with Crippen molar-refractivity contribution in [2.24, 2.45) is 5.92 Å². The van der Waals surface area contributed by atoms with Gasteiger partial charge in [-0.05, 0) is 37.0 Å². The van der Waals surface area contributed by atoms with E-state index in [1.807, 2.05) is 0 Å². The third-order valence-corrected chi connectivity index (χ3v) is 3.09. The minimum atomic E-state index is -2.98. The Morgan fingerprint density at radius 3 is 2.67 bits per heavy atom. The van der Waals surface area contributed by atoms with Gasteiger partial charge in [-0.3, -0.25) is 9.59 Å². The second kappa shape index (κ2) is 6.51. The van der Waals surface area contributed by atoms with Crippen LogP contribution in [0.3, 0.4) is 0 Å². The zero-order chi connectivity index (χ0) is 15.4. The molecule has 0 atom stereocenters. The summed E-state index contributed by atoms with van der Waals surface area (Å²) in [4.78, 5) is 24.4. The molecule has 21 heavy (non-hydrogen) atoms. The number of carboxylic acid groups (broad SMARTS) is 1. The number of carbonyl (C=O) groups excluding carboxylic acids is 1. The minimum absolute atomic E-state index is 0.127. The first-order valence-electron chi connectivity index (χ1n) is 6.51. The van der Waals surface area contributed by atoms with E-state index < -0.39 is 25.0 Å². The lowest BCUT2D eigenvalue weighted by molar-refractivity contribution is -0.137. The van der Waals surface area contributed by atoms with E-state index in [0.29, 0.717) is 12.5 Å². The molecular formula is C14H15F2NO4. The summed E-state index contributed by atoms with van der Waals surface area (Å²) in [6.07, 6.45) is 1.94. The number of amides is 1. The van der Waals surface area contributed by atoms with Gasteiger partial charge in [0.05, 0.1) is 0 Å². The summed E-state index contributed by atoms with van der Waals surface area (Å²) in [6, 6.07) is 5.37. The molecular weight excluding hydrogens is 284 g/mol. The Morgan fingerprint density at radius 1 is 1.38 bits per heavy atom. The van der Waals surface area contributed by atoms with E-state index in [1.165, 1.54) is 29.2 Å². The average Bonchev–Trinajstić information content (AvgIpc) is 3.20. The Hall–Kier alpha value is -2.18. The predicted octanol–water partition coefficient (Wildman–Crippen LogP) is 2.22. The molecule has 0 unspecified atom stereocenters. The van der Waals surface area contributed by atoms with Crippen molar-refractivity contribution in [1.82, 2.24) is 4.90 Å². The van der Waals surface area contributed by atoms with Crippen LogP contribution in [0.5, 0.6) is 5.75 Å². The fourth-order valence-electron chi connectivity index (χ4n) is 1.98. The van der Waals surface area contributed by atoms with Gasteiger partial charge in [-0.25, -0.2) is 0 Å². The van der Waals surface area contributed by atoms with Gasteiger partial charge in [0.15, 0.2) is 0 Å². The Labute approximate surface area is 120 Å². The zero-order valence-corrected chi connectivity index (χ0v) is 11.2. The number of carbonyl (C=O) groups is 2. The first-order valence-corrected chi connectivity index (χ1v) is 6.51. The molecule has 0 radical (unpaired) electrons. The molecule has 0 aromatic heterocycles. The first-order chi connectivity index (χ1) is 9.95. The maximum Gasteiger partial charge on any atom is 0.387 e. The van der Waals surface area contributed by atoms with Crippen molar-refractivity contribution in [3.63, 3.8) is 0 Å². The van der Waals surface area contributed by atoms with E-state index in [9.17, 15) is 18.4 Å². The van der Waals surface area contributed by atoms with E-state index in [0.717, 1.165) is 12.8 Å². The van der Waals surface area contributed by atoms with Crippen molar-refractivity contribution in [2.75, 3.05) is 13.1 Å². The van der Waals surface area contributed by atoms with Crippen LogP contribution in [0.25, 0.3) is 0 Å². The SMILES string of the molecule is O=C(O)CN(CC1CC1)C(=O)c1cccc(OC(F)F)c1. The highest BCUT2D eigenvalue weighted by Gasteiger charge is 2.28. The van der Waals surface area contributed by atoms with Crippen LogP contribution in [0.15, 0.2) is 24.3 Å². The molecule has 0 spiro atoms. The predicted molar refractivity (Wildman–Crippen MR) is 69.3 cm³/mol. The van der Waals surface area contributed by atoms with E-state index >= 15 is 0 Å². The van der Waals surface area contributed by atoms with E-state index in [1.54, 1.807) is 0 Å². The second-order valence-corrected chi connectivity index (χ2v) is 4.93. The number of alkyl halides is 2. The number of aliphatic carboxylic acids is 1. The van der Waals surface area contributed by atoms with Crippen LogP contribution in [0.4, 0.5) is 8.78 Å². The molecule has 1 aromatic carbocycles. The summed E-state index contributed by atoms with van der Waals surface area (Å²) in [6.45, 7) is -3.02. The maximum absolute atomic E-state index is 12.3. The van der Waals surface area contributed by atoms with Gasteiger partial charge in [0, 0.05) is 12.1 Å². The van der Waals surface area contributed by atoms with Crippen LogP contribution in [0.1, 0.15) is 23.2 Å². The van der Waals surface area contributed by atoms with Crippen LogP contribution in [-0.2, 0) is 4.79 Å². The molecule has 7 heteroatoms. The molecule has 1 aliphatic rings. The highest BCUT2D eigenvalue weighted by Crippen LogP contribution is 2.30. The van der Waals surface area contributed by atoms with Crippen LogP contribution in [0, 0.1) is 5.92 Å². The molecule has 0 saturated heterocycles. The number of nitrogens with zero attached hydrogens (tertiary/aromatic N) is 1. The third-order valence-electron chi connectivity index (χ3n) is 3.09. The Kier molecular flexibility index (Phi) is 4.72. The first kappa shape index (κ1) is 15.2. The van der Waals surface area contributed by atoms with E-state index in [-0.39, 0.29) is 11.3 Å². The van der Waals surface area contributed by atoms with Gasteiger partial charge in [0.2, 0.25) is 0 Å². The number of halogens is 2. The molecule has 1 aromatic rings. The molecule has 1 saturated carbocycles. The lowest BCUT2D eigenvalue weighted by Gasteiger charge is -2.20. The van der Waals surface area contributed by atoms with Crippen LogP contribution in [-0.4, -0.2) is 41.6 Å². The van der Waals surface area contributed by atoms with Crippen molar-refractivity contribution in [3.05, 3.63) is 29.8 Å². The molecule has 0 bridgehead atoms. The molecule has 114 valence electrons. The Balaban J connectivity index is 2.12.